The van der Waals surface area contributed by atoms with Gasteiger partial charge in [-0.3, -0.25) is 4.79 Å². The number of carbonyl (C=O) groups is 1. The molecular formula is C16H25ClN2O3. The predicted molar refractivity (Wildman–Crippen MR) is 88.7 cm³/mol. The lowest BCUT2D eigenvalue weighted by Gasteiger charge is -2.17. The fourth-order valence-electron chi connectivity index (χ4n) is 1.75. The van der Waals surface area contributed by atoms with Gasteiger partial charge in [0, 0.05) is 24.7 Å². The summed E-state index contributed by atoms with van der Waals surface area (Å²) in [6.45, 7) is 7.16. The number of benzene rings is 1. The van der Waals surface area contributed by atoms with Crippen molar-refractivity contribution in [2.24, 2.45) is 0 Å². The summed E-state index contributed by atoms with van der Waals surface area (Å²) in [6, 6.07) is 5.21. The number of rotatable bonds is 9. The number of ether oxygens (including phenoxy) is 1. The van der Waals surface area contributed by atoms with E-state index >= 15 is 0 Å². The smallest absolute Gasteiger partial charge is 0.251 e. The topological polar surface area (TPSA) is 70.6 Å². The summed E-state index contributed by atoms with van der Waals surface area (Å²) >= 11 is 6.10. The van der Waals surface area contributed by atoms with E-state index in [1.807, 2.05) is 6.92 Å². The van der Waals surface area contributed by atoms with Crippen molar-refractivity contribution < 1.29 is 14.6 Å². The van der Waals surface area contributed by atoms with E-state index < -0.39 is 6.10 Å². The van der Waals surface area contributed by atoms with E-state index in [1.165, 1.54) is 0 Å². The summed E-state index contributed by atoms with van der Waals surface area (Å²) in [5.41, 5.74) is 0.484. The molecule has 0 heterocycles. The van der Waals surface area contributed by atoms with E-state index in [4.69, 9.17) is 16.3 Å². The SMILES string of the molecule is CCNC(=O)c1ccc(OCC(O)CNC(C)CC)c(Cl)c1. The standard InChI is InChI=1S/C16H25ClN2O3/c1-4-11(3)19-9-13(20)10-22-15-7-6-12(8-14(15)17)16(21)18-5-2/h6-8,11,13,19-20H,4-5,9-10H2,1-3H3,(H,18,21). The third-order valence-corrected chi connectivity index (χ3v) is 3.57. The number of hydrogen-bond acceptors (Lipinski definition) is 4. The van der Waals surface area contributed by atoms with Crippen LogP contribution in [0.4, 0.5) is 0 Å². The summed E-state index contributed by atoms with van der Waals surface area (Å²) in [5, 5.41) is 16.1. The van der Waals surface area contributed by atoms with Crippen molar-refractivity contribution in [2.45, 2.75) is 39.3 Å². The Balaban J connectivity index is 2.51. The van der Waals surface area contributed by atoms with Crippen LogP contribution in [0.15, 0.2) is 18.2 Å². The normalized spacial score (nSPS) is 13.5. The van der Waals surface area contributed by atoms with Gasteiger partial charge in [-0.15, -0.1) is 0 Å². The van der Waals surface area contributed by atoms with Crippen molar-refractivity contribution in [2.75, 3.05) is 19.7 Å². The van der Waals surface area contributed by atoms with Crippen LogP contribution in [0.2, 0.25) is 5.02 Å². The van der Waals surface area contributed by atoms with Crippen LogP contribution < -0.4 is 15.4 Å². The molecule has 0 saturated heterocycles. The van der Waals surface area contributed by atoms with Gasteiger partial charge < -0.3 is 20.5 Å². The number of aliphatic hydroxyl groups excluding tert-OH is 1. The summed E-state index contributed by atoms with van der Waals surface area (Å²) in [6.07, 6.45) is 0.383. The largest absolute Gasteiger partial charge is 0.489 e. The Kier molecular flexibility index (Phi) is 8.24. The second-order valence-electron chi connectivity index (χ2n) is 5.19. The minimum Gasteiger partial charge on any atom is -0.489 e. The third-order valence-electron chi connectivity index (χ3n) is 3.28. The maximum Gasteiger partial charge on any atom is 0.251 e. The molecule has 0 radical (unpaired) electrons. The highest BCUT2D eigenvalue weighted by molar-refractivity contribution is 6.32. The van der Waals surface area contributed by atoms with Gasteiger partial charge in [0.25, 0.3) is 5.91 Å². The van der Waals surface area contributed by atoms with Crippen LogP contribution in [-0.4, -0.2) is 42.9 Å². The highest BCUT2D eigenvalue weighted by Crippen LogP contribution is 2.25. The van der Waals surface area contributed by atoms with Crippen LogP contribution in [0.3, 0.4) is 0 Å². The fourth-order valence-corrected chi connectivity index (χ4v) is 1.98. The predicted octanol–water partition coefficient (Wildman–Crippen LogP) is 2.22. The maximum atomic E-state index is 11.7. The van der Waals surface area contributed by atoms with Crippen molar-refractivity contribution in [3.05, 3.63) is 28.8 Å². The number of hydrogen-bond donors (Lipinski definition) is 3. The first-order chi connectivity index (χ1) is 10.5. The van der Waals surface area contributed by atoms with Crippen molar-refractivity contribution in [1.29, 1.82) is 0 Å². The second kappa shape index (κ2) is 9.66. The van der Waals surface area contributed by atoms with Gasteiger partial charge in [0.1, 0.15) is 18.5 Å². The first kappa shape index (κ1) is 18.7. The van der Waals surface area contributed by atoms with E-state index in [2.05, 4.69) is 24.5 Å². The molecule has 0 aromatic heterocycles. The molecule has 1 aromatic carbocycles. The highest BCUT2D eigenvalue weighted by Gasteiger charge is 2.11. The maximum absolute atomic E-state index is 11.7. The van der Waals surface area contributed by atoms with Gasteiger partial charge in [-0.05, 0) is 38.5 Å². The Morgan fingerprint density at radius 2 is 2.14 bits per heavy atom. The van der Waals surface area contributed by atoms with Gasteiger partial charge in [-0.1, -0.05) is 18.5 Å². The third kappa shape index (κ3) is 6.22. The Labute approximate surface area is 137 Å². The van der Waals surface area contributed by atoms with Crippen LogP contribution in [0, 0.1) is 0 Å². The Hall–Kier alpha value is -1.30. The molecule has 0 fully saturated rings. The molecular weight excluding hydrogens is 304 g/mol. The number of halogens is 1. The first-order valence-electron chi connectivity index (χ1n) is 7.59. The first-order valence-corrected chi connectivity index (χ1v) is 7.97. The van der Waals surface area contributed by atoms with Gasteiger partial charge in [0.05, 0.1) is 5.02 Å². The van der Waals surface area contributed by atoms with Crippen LogP contribution in [0.1, 0.15) is 37.6 Å². The molecule has 0 aliphatic rings. The molecule has 3 N–H and O–H groups in total. The molecule has 1 amide bonds. The average Bonchev–Trinajstić information content (AvgIpc) is 2.51. The Morgan fingerprint density at radius 3 is 2.73 bits per heavy atom. The molecule has 0 bridgehead atoms. The quantitative estimate of drug-likeness (QED) is 0.650. The zero-order chi connectivity index (χ0) is 16.5. The second-order valence-corrected chi connectivity index (χ2v) is 5.59. The molecule has 2 atom stereocenters. The van der Waals surface area contributed by atoms with E-state index in [-0.39, 0.29) is 12.5 Å². The molecule has 124 valence electrons. The molecule has 0 aliphatic heterocycles. The molecule has 2 unspecified atom stereocenters. The summed E-state index contributed by atoms with van der Waals surface area (Å²) in [4.78, 5) is 11.7. The van der Waals surface area contributed by atoms with E-state index in [1.54, 1.807) is 18.2 Å². The molecule has 5 nitrogen and oxygen atoms in total. The average molecular weight is 329 g/mol. The van der Waals surface area contributed by atoms with Gasteiger partial charge in [0.2, 0.25) is 0 Å². The van der Waals surface area contributed by atoms with Crippen molar-refractivity contribution in [3.8, 4) is 5.75 Å². The fraction of sp³-hybridized carbons (Fsp3) is 0.562. The van der Waals surface area contributed by atoms with Gasteiger partial charge in [-0.2, -0.15) is 0 Å². The van der Waals surface area contributed by atoms with Crippen LogP contribution in [0.25, 0.3) is 0 Å². The lowest BCUT2D eigenvalue weighted by atomic mass is 10.2. The van der Waals surface area contributed by atoms with Crippen LogP contribution >= 0.6 is 11.6 Å². The van der Waals surface area contributed by atoms with Crippen molar-refractivity contribution in [1.82, 2.24) is 10.6 Å². The van der Waals surface area contributed by atoms with Crippen LogP contribution in [-0.2, 0) is 0 Å². The number of carbonyl (C=O) groups excluding carboxylic acids is 1. The summed E-state index contributed by atoms with van der Waals surface area (Å²) in [7, 11) is 0. The molecule has 1 aromatic rings. The molecule has 6 heteroatoms. The van der Waals surface area contributed by atoms with Gasteiger partial charge in [-0.25, -0.2) is 0 Å². The summed E-state index contributed by atoms with van der Waals surface area (Å²) < 4.78 is 5.51. The monoisotopic (exact) mass is 328 g/mol. The van der Waals surface area contributed by atoms with E-state index in [9.17, 15) is 9.90 Å². The molecule has 0 spiro atoms. The van der Waals surface area contributed by atoms with Crippen LogP contribution in [0.5, 0.6) is 5.75 Å². The minimum atomic E-state index is -0.617. The highest BCUT2D eigenvalue weighted by atomic mass is 35.5. The van der Waals surface area contributed by atoms with Gasteiger partial charge in [0.15, 0.2) is 0 Å². The lowest BCUT2D eigenvalue weighted by molar-refractivity contribution is 0.0954. The van der Waals surface area contributed by atoms with E-state index in [0.717, 1.165) is 6.42 Å². The molecule has 1 rings (SSSR count). The zero-order valence-corrected chi connectivity index (χ0v) is 14.1. The number of nitrogens with one attached hydrogen (secondary N) is 2. The zero-order valence-electron chi connectivity index (χ0n) is 13.4. The van der Waals surface area contributed by atoms with Crippen molar-refractivity contribution >= 4 is 17.5 Å². The number of amides is 1. The molecule has 0 aliphatic carbocycles. The Morgan fingerprint density at radius 1 is 1.41 bits per heavy atom. The Bertz CT molecular complexity index is 482. The molecule has 0 saturated carbocycles. The minimum absolute atomic E-state index is 0.143. The number of aliphatic hydroxyl groups is 1. The molecule has 22 heavy (non-hydrogen) atoms. The summed E-state index contributed by atoms with van der Waals surface area (Å²) in [5.74, 6) is 0.283. The van der Waals surface area contributed by atoms with Crippen molar-refractivity contribution in [3.63, 3.8) is 0 Å². The lowest BCUT2D eigenvalue weighted by Crippen LogP contribution is -2.36. The van der Waals surface area contributed by atoms with Gasteiger partial charge >= 0.3 is 0 Å². The van der Waals surface area contributed by atoms with E-state index in [0.29, 0.717) is 35.5 Å².